The molecule has 0 bridgehead atoms. The third-order valence-corrected chi connectivity index (χ3v) is 3.16. The van der Waals surface area contributed by atoms with E-state index in [2.05, 4.69) is 0 Å². The Bertz CT molecular complexity index is 185. The molecule has 4 nitrogen and oxygen atoms in total. The van der Waals surface area contributed by atoms with Crippen LogP contribution in [0.2, 0.25) is 0 Å². The summed E-state index contributed by atoms with van der Waals surface area (Å²) in [6, 6.07) is 0.0157. The molecule has 1 aliphatic carbocycles. The van der Waals surface area contributed by atoms with Crippen LogP contribution in [0.5, 0.6) is 0 Å². The van der Waals surface area contributed by atoms with E-state index >= 15 is 0 Å². The molecule has 4 unspecified atom stereocenters. The first kappa shape index (κ1) is 11.9. The average Bonchev–Trinajstić information content (AvgIpc) is 2.02. The maximum absolute atomic E-state index is 10.1. The van der Waals surface area contributed by atoms with Crippen LogP contribution in [-0.4, -0.2) is 72.5 Å². The minimum atomic E-state index is -0.469. The highest BCUT2D eigenvalue weighted by molar-refractivity contribution is 4.95. The smallest absolute Gasteiger partial charge is 0.0874 e. The number of rotatable bonds is 2. The Morgan fingerprint density at radius 1 is 0.929 bits per heavy atom. The molecule has 0 heterocycles. The molecule has 1 aliphatic rings. The quantitative estimate of drug-likeness (QED) is 0.625. The SMILES string of the molecule is CN(C)C1CCC(O)C(N(C)C)C1O. The van der Waals surface area contributed by atoms with Gasteiger partial charge in [0.05, 0.1) is 18.2 Å². The molecule has 0 amide bonds. The predicted molar refractivity (Wildman–Crippen MR) is 56.2 cm³/mol. The van der Waals surface area contributed by atoms with Crippen molar-refractivity contribution >= 4 is 0 Å². The standard InChI is InChI=1S/C10H22N2O2/c1-11(2)7-5-6-8(13)9(10(7)14)12(3)4/h7-10,13-14H,5-6H2,1-4H3. The van der Waals surface area contributed by atoms with Gasteiger partial charge in [0, 0.05) is 6.04 Å². The summed E-state index contributed by atoms with van der Waals surface area (Å²) in [5, 5.41) is 19.9. The van der Waals surface area contributed by atoms with Crippen LogP contribution in [-0.2, 0) is 0 Å². The van der Waals surface area contributed by atoms with Crippen molar-refractivity contribution < 1.29 is 10.2 Å². The second kappa shape index (κ2) is 4.57. The summed E-state index contributed by atoms with van der Waals surface area (Å²) >= 11 is 0. The van der Waals surface area contributed by atoms with E-state index in [1.165, 1.54) is 0 Å². The van der Waals surface area contributed by atoms with E-state index in [0.717, 1.165) is 12.8 Å². The molecule has 1 rings (SSSR count). The highest BCUT2D eigenvalue weighted by atomic mass is 16.3. The van der Waals surface area contributed by atoms with E-state index in [9.17, 15) is 10.2 Å². The van der Waals surface area contributed by atoms with E-state index < -0.39 is 12.2 Å². The fourth-order valence-electron chi connectivity index (χ4n) is 2.35. The van der Waals surface area contributed by atoms with E-state index in [1.54, 1.807) is 0 Å². The predicted octanol–water partition coefficient (Wildman–Crippen LogP) is -0.638. The summed E-state index contributed by atoms with van der Waals surface area (Å²) in [5.74, 6) is 0. The van der Waals surface area contributed by atoms with E-state index in [0.29, 0.717) is 0 Å². The summed E-state index contributed by atoms with van der Waals surface area (Å²) in [5.41, 5.74) is 0. The van der Waals surface area contributed by atoms with E-state index in [4.69, 9.17) is 0 Å². The molecule has 1 fully saturated rings. The molecule has 84 valence electrons. The van der Waals surface area contributed by atoms with Crippen molar-refractivity contribution in [2.24, 2.45) is 0 Å². The van der Waals surface area contributed by atoms with Gasteiger partial charge in [0.25, 0.3) is 0 Å². The molecule has 0 aromatic rings. The Hall–Kier alpha value is -0.160. The molecule has 0 aromatic carbocycles. The lowest BCUT2D eigenvalue weighted by molar-refractivity contribution is -0.0756. The zero-order chi connectivity index (χ0) is 10.9. The van der Waals surface area contributed by atoms with Crippen LogP contribution in [0.25, 0.3) is 0 Å². The van der Waals surface area contributed by atoms with Crippen LogP contribution in [0.1, 0.15) is 12.8 Å². The minimum Gasteiger partial charge on any atom is -0.391 e. The summed E-state index contributed by atoms with van der Waals surface area (Å²) in [6.45, 7) is 0. The van der Waals surface area contributed by atoms with Gasteiger partial charge in [-0.15, -0.1) is 0 Å². The van der Waals surface area contributed by atoms with Gasteiger partial charge in [0.15, 0.2) is 0 Å². The zero-order valence-electron chi connectivity index (χ0n) is 9.51. The number of hydrogen-bond donors (Lipinski definition) is 2. The van der Waals surface area contributed by atoms with Gasteiger partial charge in [-0.05, 0) is 41.0 Å². The van der Waals surface area contributed by atoms with Crippen LogP contribution in [0.4, 0.5) is 0 Å². The molecule has 0 saturated heterocycles. The Kier molecular flexibility index (Phi) is 3.89. The van der Waals surface area contributed by atoms with Gasteiger partial charge < -0.3 is 20.0 Å². The van der Waals surface area contributed by atoms with Crippen LogP contribution in [0.3, 0.4) is 0 Å². The molecular formula is C10H22N2O2. The Balaban J connectivity index is 2.72. The monoisotopic (exact) mass is 202 g/mol. The molecule has 14 heavy (non-hydrogen) atoms. The molecule has 1 saturated carbocycles. The van der Waals surface area contributed by atoms with Crippen LogP contribution in [0.15, 0.2) is 0 Å². The molecule has 0 aliphatic heterocycles. The van der Waals surface area contributed by atoms with Gasteiger partial charge in [0.2, 0.25) is 0 Å². The van der Waals surface area contributed by atoms with Crippen molar-refractivity contribution in [1.29, 1.82) is 0 Å². The van der Waals surface area contributed by atoms with Crippen molar-refractivity contribution in [1.82, 2.24) is 9.80 Å². The second-order valence-electron chi connectivity index (χ2n) is 4.62. The summed E-state index contributed by atoms with van der Waals surface area (Å²) in [6.07, 6.45) is 0.752. The summed E-state index contributed by atoms with van der Waals surface area (Å²) in [7, 11) is 7.74. The maximum Gasteiger partial charge on any atom is 0.0874 e. The Labute approximate surface area is 86.1 Å². The lowest BCUT2D eigenvalue weighted by Crippen LogP contribution is -2.59. The molecule has 4 atom stereocenters. The molecule has 2 N–H and O–H groups in total. The van der Waals surface area contributed by atoms with Gasteiger partial charge in [-0.3, -0.25) is 0 Å². The van der Waals surface area contributed by atoms with E-state index in [-0.39, 0.29) is 12.1 Å². The third-order valence-electron chi connectivity index (χ3n) is 3.16. The maximum atomic E-state index is 10.1. The average molecular weight is 202 g/mol. The number of aliphatic hydroxyl groups excluding tert-OH is 2. The van der Waals surface area contributed by atoms with Gasteiger partial charge in [-0.1, -0.05) is 0 Å². The Morgan fingerprint density at radius 3 is 1.93 bits per heavy atom. The van der Waals surface area contributed by atoms with Crippen molar-refractivity contribution in [3.05, 3.63) is 0 Å². The first-order chi connectivity index (χ1) is 6.45. The molecule has 0 spiro atoms. The van der Waals surface area contributed by atoms with Crippen molar-refractivity contribution in [2.45, 2.75) is 37.1 Å². The fourth-order valence-corrected chi connectivity index (χ4v) is 2.35. The van der Waals surface area contributed by atoms with Crippen molar-refractivity contribution in [3.63, 3.8) is 0 Å². The molecular weight excluding hydrogens is 180 g/mol. The summed E-state index contributed by atoms with van der Waals surface area (Å²) < 4.78 is 0. The minimum absolute atomic E-state index is 0.142. The van der Waals surface area contributed by atoms with Crippen molar-refractivity contribution in [2.75, 3.05) is 28.2 Å². The van der Waals surface area contributed by atoms with E-state index in [1.807, 2.05) is 38.0 Å². The number of likely N-dealkylation sites (N-methyl/N-ethyl adjacent to an activating group) is 2. The van der Waals surface area contributed by atoms with Gasteiger partial charge in [-0.2, -0.15) is 0 Å². The largest absolute Gasteiger partial charge is 0.391 e. The highest BCUT2D eigenvalue weighted by Gasteiger charge is 2.39. The lowest BCUT2D eigenvalue weighted by Gasteiger charge is -2.43. The molecule has 4 heteroatoms. The molecule has 0 radical (unpaired) electrons. The summed E-state index contributed by atoms with van der Waals surface area (Å²) in [4.78, 5) is 3.94. The topological polar surface area (TPSA) is 46.9 Å². The van der Waals surface area contributed by atoms with Crippen LogP contribution < -0.4 is 0 Å². The Morgan fingerprint density at radius 2 is 1.50 bits per heavy atom. The van der Waals surface area contributed by atoms with Crippen LogP contribution >= 0.6 is 0 Å². The highest BCUT2D eigenvalue weighted by Crippen LogP contribution is 2.25. The molecule has 0 aromatic heterocycles. The first-order valence-corrected chi connectivity index (χ1v) is 5.14. The van der Waals surface area contributed by atoms with Crippen LogP contribution in [0, 0.1) is 0 Å². The third kappa shape index (κ3) is 2.25. The van der Waals surface area contributed by atoms with Gasteiger partial charge in [-0.25, -0.2) is 0 Å². The second-order valence-corrected chi connectivity index (χ2v) is 4.62. The lowest BCUT2D eigenvalue weighted by atomic mass is 9.84. The van der Waals surface area contributed by atoms with Gasteiger partial charge in [0.1, 0.15) is 0 Å². The van der Waals surface area contributed by atoms with Crippen molar-refractivity contribution in [3.8, 4) is 0 Å². The first-order valence-electron chi connectivity index (χ1n) is 5.14. The van der Waals surface area contributed by atoms with Gasteiger partial charge >= 0.3 is 0 Å². The number of nitrogens with zero attached hydrogens (tertiary/aromatic N) is 2. The zero-order valence-corrected chi connectivity index (χ0v) is 9.51. The normalized spacial score (nSPS) is 39.4. The fraction of sp³-hybridized carbons (Fsp3) is 1.00. The number of hydrogen-bond acceptors (Lipinski definition) is 4. The number of aliphatic hydroxyl groups is 2.